The summed E-state index contributed by atoms with van der Waals surface area (Å²) in [5.74, 6) is 0. The first-order valence-corrected chi connectivity index (χ1v) is 9.90. The number of rotatable bonds is 12. The normalized spacial score (nSPS) is 10.9. The van der Waals surface area contributed by atoms with Crippen LogP contribution < -0.4 is 4.57 Å². The van der Waals surface area contributed by atoms with Crippen molar-refractivity contribution in [1.82, 2.24) is 0 Å². The van der Waals surface area contributed by atoms with E-state index in [1.54, 1.807) is 0 Å². The molecule has 0 amide bonds. The van der Waals surface area contributed by atoms with Crippen molar-refractivity contribution >= 4 is 0 Å². The summed E-state index contributed by atoms with van der Waals surface area (Å²) in [4.78, 5) is 0. The molecule has 0 saturated carbocycles. The molecule has 0 saturated heterocycles. The smallest absolute Gasteiger partial charge is 0.173 e. The van der Waals surface area contributed by atoms with E-state index in [2.05, 4.69) is 66.3 Å². The summed E-state index contributed by atoms with van der Waals surface area (Å²) in [6.07, 6.45) is 18.3. The van der Waals surface area contributed by atoms with Crippen LogP contribution in [0.15, 0.2) is 54.9 Å². The van der Waals surface area contributed by atoms with Crippen LogP contribution in [0.5, 0.6) is 0 Å². The molecule has 0 fully saturated rings. The van der Waals surface area contributed by atoms with Crippen molar-refractivity contribution in [3.63, 3.8) is 0 Å². The zero-order valence-corrected chi connectivity index (χ0v) is 15.4. The number of aromatic nitrogens is 1. The van der Waals surface area contributed by atoms with Crippen molar-refractivity contribution in [1.29, 1.82) is 0 Å². The van der Waals surface area contributed by atoms with Gasteiger partial charge in [-0.2, -0.15) is 0 Å². The highest BCUT2D eigenvalue weighted by Crippen LogP contribution is 2.11. The molecule has 2 rings (SSSR count). The van der Waals surface area contributed by atoms with Gasteiger partial charge in [-0.3, -0.25) is 0 Å². The fourth-order valence-corrected chi connectivity index (χ4v) is 3.26. The Bertz CT molecular complexity index is 547. The monoisotopic (exact) mass is 324 g/mol. The zero-order valence-electron chi connectivity index (χ0n) is 15.4. The first-order chi connectivity index (χ1) is 11.9. The quantitative estimate of drug-likeness (QED) is 0.328. The van der Waals surface area contributed by atoms with Gasteiger partial charge in [-0.15, -0.1) is 0 Å². The molecule has 1 aromatic carbocycles. The van der Waals surface area contributed by atoms with Crippen LogP contribution in [-0.4, -0.2) is 0 Å². The first-order valence-electron chi connectivity index (χ1n) is 9.90. The van der Waals surface area contributed by atoms with Crippen LogP contribution in [0.4, 0.5) is 0 Å². The van der Waals surface area contributed by atoms with Gasteiger partial charge >= 0.3 is 0 Å². The van der Waals surface area contributed by atoms with Crippen molar-refractivity contribution in [2.24, 2.45) is 0 Å². The number of unbranched alkanes of at least 4 members (excludes halogenated alkanes) is 8. The average Bonchev–Trinajstić information content (AvgIpc) is 2.61. The lowest BCUT2D eigenvalue weighted by atomic mass is 10.0. The third-order valence-electron chi connectivity index (χ3n) is 4.70. The molecule has 1 aromatic heterocycles. The maximum atomic E-state index is 2.32. The molecule has 0 aliphatic heterocycles. The Hall–Kier alpha value is -1.63. The van der Waals surface area contributed by atoms with Gasteiger partial charge in [0.15, 0.2) is 18.9 Å². The summed E-state index contributed by atoms with van der Waals surface area (Å²) in [5, 5.41) is 0. The summed E-state index contributed by atoms with van der Waals surface area (Å²) in [5.41, 5.74) is 2.83. The van der Waals surface area contributed by atoms with Gasteiger partial charge in [0, 0.05) is 17.2 Å². The van der Waals surface area contributed by atoms with Crippen LogP contribution in [-0.2, 0) is 13.0 Å². The fraction of sp³-hybridized carbons (Fsp3) is 0.522. The van der Waals surface area contributed by atoms with E-state index in [0.29, 0.717) is 0 Å². The Kier molecular flexibility index (Phi) is 9.23. The standard InChI is InChI=1S/C23H34N/c1-2-3-4-5-6-7-8-9-11-15-23-18-14-19-24(21-23)20-22-16-12-10-13-17-22/h10,12-14,16-19,21H,2-9,11,15,20H2,1H3/q+1. The second-order valence-electron chi connectivity index (χ2n) is 6.95. The van der Waals surface area contributed by atoms with E-state index < -0.39 is 0 Å². The third-order valence-corrected chi connectivity index (χ3v) is 4.70. The number of pyridine rings is 1. The molecule has 0 aliphatic rings. The SMILES string of the molecule is CCCCCCCCCCCc1ccc[n+](Cc2ccccc2)c1. The van der Waals surface area contributed by atoms with Gasteiger partial charge in [0.25, 0.3) is 0 Å². The molecule has 0 radical (unpaired) electrons. The topological polar surface area (TPSA) is 3.88 Å². The molecule has 0 bridgehead atoms. The van der Waals surface area contributed by atoms with Crippen LogP contribution in [0.25, 0.3) is 0 Å². The first kappa shape index (κ1) is 18.7. The molecule has 1 heteroatoms. The van der Waals surface area contributed by atoms with E-state index >= 15 is 0 Å². The predicted octanol–water partition coefficient (Wildman–Crippen LogP) is 6.10. The van der Waals surface area contributed by atoms with E-state index in [1.807, 2.05) is 0 Å². The highest BCUT2D eigenvalue weighted by molar-refractivity contribution is 5.13. The molecule has 0 unspecified atom stereocenters. The fourth-order valence-electron chi connectivity index (χ4n) is 3.26. The Morgan fingerprint density at radius 3 is 2.00 bits per heavy atom. The molecule has 24 heavy (non-hydrogen) atoms. The molecular formula is C23H34N+. The second-order valence-corrected chi connectivity index (χ2v) is 6.95. The van der Waals surface area contributed by atoms with Crippen molar-refractivity contribution in [3.05, 3.63) is 66.0 Å². The van der Waals surface area contributed by atoms with Crippen molar-refractivity contribution < 1.29 is 4.57 Å². The molecule has 0 N–H and O–H groups in total. The van der Waals surface area contributed by atoms with E-state index in [1.165, 1.54) is 75.3 Å². The van der Waals surface area contributed by atoms with Crippen LogP contribution in [0, 0.1) is 0 Å². The summed E-state index contributed by atoms with van der Waals surface area (Å²) < 4.78 is 2.30. The molecule has 0 spiro atoms. The average molecular weight is 325 g/mol. The molecular weight excluding hydrogens is 290 g/mol. The number of nitrogens with zero attached hydrogens (tertiary/aromatic N) is 1. The van der Waals surface area contributed by atoms with Gasteiger partial charge in [0.1, 0.15) is 0 Å². The maximum absolute atomic E-state index is 2.32. The van der Waals surface area contributed by atoms with Gasteiger partial charge in [0.2, 0.25) is 0 Å². The van der Waals surface area contributed by atoms with Crippen molar-refractivity contribution in [2.75, 3.05) is 0 Å². The van der Waals surface area contributed by atoms with E-state index in [9.17, 15) is 0 Å². The third kappa shape index (κ3) is 7.77. The number of aryl methyl sites for hydroxylation is 1. The molecule has 1 heterocycles. The van der Waals surface area contributed by atoms with Crippen molar-refractivity contribution in [3.8, 4) is 0 Å². The second kappa shape index (κ2) is 11.8. The van der Waals surface area contributed by atoms with E-state index in [0.717, 1.165) is 6.54 Å². The van der Waals surface area contributed by atoms with Gasteiger partial charge < -0.3 is 0 Å². The van der Waals surface area contributed by atoms with Crippen LogP contribution in [0.2, 0.25) is 0 Å². The molecule has 0 aliphatic carbocycles. The number of hydrogen-bond acceptors (Lipinski definition) is 0. The highest BCUT2D eigenvalue weighted by Gasteiger charge is 2.04. The predicted molar refractivity (Wildman–Crippen MR) is 103 cm³/mol. The Labute approximate surface area is 148 Å². The zero-order chi connectivity index (χ0) is 16.9. The van der Waals surface area contributed by atoms with Crippen LogP contribution >= 0.6 is 0 Å². The number of benzene rings is 1. The lowest BCUT2D eigenvalue weighted by molar-refractivity contribution is -0.688. The summed E-state index contributed by atoms with van der Waals surface area (Å²) in [6.45, 7) is 3.25. The minimum Gasteiger partial charge on any atom is -0.201 e. The minimum atomic E-state index is 0.965. The number of hydrogen-bond donors (Lipinski definition) is 0. The minimum absolute atomic E-state index is 0.965. The Morgan fingerprint density at radius 2 is 1.29 bits per heavy atom. The molecule has 1 nitrogen and oxygen atoms in total. The van der Waals surface area contributed by atoms with Gasteiger partial charge in [-0.05, 0) is 18.9 Å². The van der Waals surface area contributed by atoms with E-state index in [4.69, 9.17) is 0 Å². The highest BCUT2D eigenvalue weighted by atomic mass is 14.9. The largest absolute Gasteiger partial charge is 0.201 e. The molecule has 130 valence electrons. The Balaban J connectivity index is 1.62. The van der Waals surface area contributed by atoms with E-state index in [-0.39, 0.29) is 0 Å². The maximum Gasteiger partial charge on any atom is 0.173 e. The van der Waals surface area contributed by atoms with Crippen LogP contribution in [0.3, 0.4) is 0 Å². The molecule has 0 atom stereocenters. The van der Waals surface area contributed by atoms with Gasteiger partial charge in [0.05, 0.1) is 0 Å². The Morgan fingerprint density at radius 1 is 0.667 bits per heavy atom. The summed E-state index contributed by atoms with van der Waals surface area (Å²) >= 11 is 0. The lowest BCUT2D eigenvalue weighted by Gasteiger charge is -2.03. The summed E-state index contributed by atoms with van der Waals surface area (Å²) in [6, 6.07) is 15.1. The molecule has 2 aromatic rings. The summed E-state index contributed by atoms with van der Waals surface area (Å²) in [7, 11) is 0. The van der Waals surface area contributed by atoms with Gasteiger partial charge in [-0.1, -0.05) is 88.6 Å². The van der Waals surface area contributed by atoms with Crippen LogP contribution in [0.1, 0.15) is 75.8 Å². The van der Waals surface area contributed by atoms with Gasteiger partial charge in [-0.25, -0.2) is 4.57 Å². The lowest BCUT2D eigenvalue weighted by Crippen LogP contribution is -2.33. The van der Waals surface area contributed by atoms with Crippen molar-refractivity contribution in [2.45, 2.75) is 77.7 Å².